The standard InChI is InChI=1S/C18H15Cl2FN2O2/c19-13-3-1-2-12(10-13)17(24)22-6-8-23(9-7-22)18(25)15-5-4-14(20)11-16(15)21/h1-5,10-11H,6-9H2. The fourth-order valence-electron chi connectivity index (χ4n) is 2.75. The predicted molar refractivity (Wildman–Crippen MR) is 94.7 cm³/mol. The normalized spacial score (nSPS) is 14.5. The molecule has 0 spiro atoms. The van der Waals surface area contributed by atoms with E-state index in [0.29, 0.717) is 36.8 Å². The molecule has 3 rings (SSSR count). The van der Waals surface area contributed by atoms with E-state index < -0.39 is 11.7 Å². The molecule has 25 heavy (non-hydrogen) atoms. The summed E-state index contributed by atoms with van der Waals surface area (Å²) in [5, 5.41) is 0.740. The minimum atomic E-state index is -0.644. The Balaban J connectivity index is 1.65. The molecule has 0 radical (unpaired) electrons. The van der Waals surface area contributed by atoms with Gasteiger partial charge < -0.3 is 9.80 Å². The van der Waals surface area contributed by atoms with Crippen LogP contribution in [0, 0.1) is 5.82 Å². The number of carbonyl (C=O) groups is 2. The van der Waals surface area contributed by atoms with E-state index in [2.05, 4.69) is 0 Å². The minimum Gasteiger partial charge on any atom is -0.335 e. The molecule has 0 unspecified atom stereocenters. The summed E-state index contributed by atoms with van der Waals surface area (Å²) in [4.78, 5) is 28.1. The number of rotatable bonds is 2. The average Bonchev–Trinajstić information content (AvgIpc) is 2.61. The second-order valence-electron chi connectivity index (χ2n) is 5.72. The van der Waals surface area contributed by atoms with Crippen LogP contribution >= 0.6 is 23.2 Å². The molecule has 0 aliphatic carbocycles. The molecule has 0 N–H and O–H groups in total. The number of hydrogen-bond donors (Lipinski definition) is 0. The smallest absolute Gasteiger partial charge is 0.256 e. The van der Waals surface area contributed by atoms with Crippen molar-refractivity contribution >= 4 is 35.0 Å². The first-order valence-electron chi connectivity index (χ1n) is 7.75. The van der Waals surface area contributed by atoms with Crippen molar-refractivity contribution in [1.82, 2.24) is 9.80 Å². The van der Waals surface area contributed by atoms with Gasteiger partial charge in [0.2, 0.25) is 0 Å². The molecule has 1 aliphatic rings. The van der Waals surface area contributed by atoms with Gasteiger partial charge in [0.05, 0.1) is 5.56 Å². The zero-order valence-corrected chi connectivity index (χ0v) is 14.7. The van der Waals surface area contributed by atoms with Gasteiger partial charge in [-0.1, -0.05) is 29.3 Å². The fraction of sp³-hybridized carbons (Fsp3) is 0.222. The van der Waals surface area contributed by atoms with Gasteiger partial charge in [-0.05, 0) is 36.4 Å². The highest BCUT2D eigenvalue weighted by molar-refractivity contribution is 6.31. The van der Waals surface area contributed by atoms with Crippen LogP contribution in [0.1, 0.15) is 20.7 Å². The van der Waals surface area contributed by atoms with Gasteiger partial charge in [0, 0.05) is 41.8 Å². The minimum absolute atomic E-state index is 0.0148. The maximum absolute atomic E-state index is 13.9. The Morgan fingerprint density at radius 1 is 0.840 bits per heavy atom. The Morgan fingerprint density at radius 2 is 1.44 bits per heavy atom. The zero-order chi connectivity index (χ0) is 18.0. The van der Waals surface area contributed by atoms with Crippen molar-refractivity contribution in [1.29, 1.82) is 0 Å². The van der Waals surface area contributed by atoms with E-state index in [1.807, 2.05) is 0 Å². The Bertz CT molecular complexity index is 820. The van der Waals surface area contributed by atoms with Crippen molar-refractivity contribution in [3.8, 4) is 0 Å². The summed E-state index contributed by atoms with van der Waals surface area (Å²) in [7, 11) is 0. The molecule has 0 saturated carbocycles. The Hall–Kier alpha value is -2.11. The molecule has 0 atom stereocenters. The first-order chi connectivity index (χ1) is 12.0. The quantitative estimate of drug-likeness (QED) is 0.796. The molecular formula is C18H15Cl2FN2O2. The molecule has 1 aliphatic heterocycles. The molecule has 1 heterocycles. The monoisotopic (exact) mass is 380 g/mol. The lowest BCUT2D eigenvalue weighted by Crippen LogP contribution is -2.50. The van der Waals surface area contributed by atoms with Crippen molar-refractivity contribution in [3.63, 3.8) is 0 Å². The summed E-state index contributed by atoms with van der Waals surface area (Å²) >= 11 is 11.6. The van der Waals surface area contributed by atoms with Gasteiger partial charge in [-0.2, -0.15) is 0 Å². The first kappa shape index (κ1) is 17.7. The van der Waals surface area contributed by atoms with Crippen LogP contribution in [0.4, 0.5) is 4.39 Å². The van der Waals surface area contributed by atoms with E-state index in [9.17, 15) is 14.0 Å². The molecule has 7 heteroatoms. The largest absolute Gasteiger partial charge is 0.335 e. The third-order valence-electron chi connectivity index (χ3n) is 4.09. The second-order valence-corrected chi connectivity index (χ2v) is 6.59. The molecule has 4 nitrogen and oxygen atoms in total. The summed E-state index contributed by atoms with van der Waals surface area (Å²) in [5.74, 6) is -1.17. The van der Waals surface area contributed by atoms with E-state index in [-0.39, 0.29) is 16.5 Å². The number of nitrogens with zero attached hydrogens (tertiary/aromatic N) is 2. The SMILES string of the molecule is O=C(c1cccc(Cl)c1)N1CCN(C(=O)c2ccc(Cl)cc2F)CC1. The lowest BCUT2D eigenvalue weighted by Gasteiger charge is -2.35. The van der Waals surface area contributed by atoms with Crippen LogP contribution in [0.15, 0.2) is 42.5 Å². The van der Waals surface area contributed by atoms with Gasteiger partial charge in [-0.25, -0.2) is 4.39 Å². The summed E-state index contributed by atoms with van der Waals surface area (Å²) in [6, 6.07) is 10.7. The summed E-state index contributed by atoms with van der Waals surface area (Å²) in [6.07, 6.45) is 0. The Kier molecular flexibility index (Phi) is 5.25. The fourth-order valence-corrected chi connectivity index (χ4v) is 3.10. The molecule has 2 amide bonds. The Morgan fingerprint density at radius 3 is 2.04 bits per heavy atom. The highest BCUT2D eigenvalue weighted by Gasteiger charge is 2.26. The summed E-state index contributed by atoms with van der Waals surface area (Å²) in [6.45, 7) is 1.44. The number of piperazine rings is 1. The highest BCUT2D eigenvalue weighted by Crippen LogP contribution is 2.18. The number of carbonyl (C=O) groups excluding carboxylic acids is 2. The summed E-state index contributed by atoms with van der Waals surface area (Å²) < 4.78 is 13.9. The van der Waals surface area contributed by atoms with Gasteiger partial charge in [0.1, 0.15) is 5.82 Å². The van der Waals surface area contributed by atoms with Crippen molar-refractivity contribution in [2.45, 2.75) is 0 Å². The van der Waals surface area contributed by atoms with Crippen LogP contribution in [0.3, 0.4) is 0 Å². The molecule has 1 saturated heterocycles. The Labute approximate surface area is 154 Å². The van der Waals surface area contributed by atoms with Crippen LogP contribution < -0.4 is 0 Å². The number of amides is 2. The van der Waals surface area contributed by atoms with Crippen LogP contribution in [0.5, 0.6) is 0 Å². The van der Waals surface area contributed by atoms with Crippen LogP contribution in [0.2, 0.25) is 10.0 Å². The van der Waals surface area contributed by atoms with Crippen LogP contribution in [-0.2, 0) is 0 Å². The summed E-state index contributed by atoms with van der Waals surface area (Å²) in [5.41, 5.74) is 0.495. The van der Waals surface area contributed by atoms with E-state index in [4.69, 9.17) is 23.2 Å². The van der Waals surface area contributed by atoms with Gasteiger partial charge >= 0.3 is 0 Å². The third-order valence-corrected chi connectivity index (χ3v) is 4.56. The van der Waals surface area contributed by atoms with Crippen molar-refractivity contribution in [2.75, 3.05) is 26.2 Å². The number of halogens is 3. The molecule has 130 valence electrons. The van der Waals surface area contributed by atoms with Gasteiger partial charge in [-0.3, -0.25) is 9.59 Å². The molecule has 1 fully saturated rings. The number of hydrogen-bond acceptors (Lipinski definition) is 2. The van der Waals surface area contributed by atoms with Gasteiger partial charge in [-0.15, -0.1) is 0 Å². The lowest BCUT2D eigenvalue weighted by atomic mass is 10.1. The zero-order valence-electron chi connectivity index (χ0n) is 13.2. The first-order valence-corrected chi connectivity index (χ1v) is 8.50. The lowest BCUT2D eigenvalue weighted by molar-refractivity contribution is 0.0533. The second kappa shape index (κ2) is 7.42. The van der Waals surface area contributed by atoms with Gasteiger partial charge in [0.15, 0.2) is 0 Å². The third kappa shape index (κ3) is 3.94. The molecule has 0 bridgehead atoms. The van der Waals surface area contributed by atoms with Crippen molar-refractivity contribution in [3.05, 3.63) is 69.5 Å². The maximum atomic E-state index is 13.9. The molecule has 2 aromatic rings. The molecule has 2 aromatic carbocycles. The van der Waals surface area contributed by atoms with Crippen LogP contribution in [-0.4, -0.2) is 47.8 Å². The van der Waals surface area contributed by atoms with Crippen LogP contribution in [0.25, 0.3) is 0 Å². The molecular weight excluding hydrogens is 366 g/mol. The highest BCUT2D eigenvalue weighted by atomic mass is 35.5. The van der Waals surface area contributed by atoms with Gasteiger partial charge in [0.25, 0.3) is 11.8 Å². The topological polar surface area (TPSA) is 40.6 Å². The average molecular weight is 381 g/mol. The van der Waals surface area contributed by atoms with Crippen molar-refractivity contribution in [2.24, 2.45) is 0 Å². The van der Waals surface area contributed by atoms with E-state index in [1.54, 1.807) is 29.2 Å². The molecule has 0 aromatic heterocycles. The van der Waals surface area contributed by atoms with Crippen molar-refractivity contribution < 1.29 is 14.0 Å². The number of benzene rings is 2. The van der Waals surface area contributed by atoms with E-state index >= 15 is 0 Å². The predicted octanol–water partition coefficient (Wildman–Crippen LogP) is 3.73. The van der Waals surface area contributed by atoms with E-state index in [0.717, 1.165) is 6.07 Å². The maximum Gasteiger partial charge on any atom is 0.256 e. The van der Waals surface area contributed by atoms with E-state index in [1.165, 1.54) is 17.0 Å².